The minimum Gasteiger partial charge on any atom is -0.381 e. The van der Waals surface area contributed by atoms with Crippen molar-refractivity contribution in [3.63, 3.8) is 0 Å². The standard InChI is InChI=1S/C13H9BrCl2FN/c14-10-5-4-8(6-13(10)17)18-7-9-11(15)2-1-3-12(9)16/h1-6,18H,7H2. The second-order valence-corrected chi connectivity index (χ2v) is 5.35. The summed E-state index contributed by atoms with van der Waals surface area (Å²) in [5, 5.41) is 4.26. The molecular formula is C13H9BrCl2FN. The molecule has 0 unspecified atom stereocenters. The van der Waals surface area contributed by atoms with E-state index in [1.54, 1.807) is 30.3 Å². The predicted octanol–water partition coefficient (Wildman–Crippen LogP) is 5.51. The first-order valence-corrected chi connectivity index (χ1v) is 6.74. The van der Waals surface area contributed by atoms with Gasteiger partial charge in [-0.1, -0.05) is 29.3 Å². The van der Waals surface area contributed by atoms with E-state index in [0.29, 0.717) is 26.8 Å². The molecule has 0 fully saturated rings. The number of benzene rings is 2. The molecule has 0 saturated heterocycles. The molecule has 94 valence electrons. The predicted molar refractivity (Wildman–Crippen MR) is 77.9 cm³/mol. The van der Waals surface area contributed by atoms with Crippen LogP contribution in [0.2, 0.25) is 10.0 Å². The van der Waals surface area contributed by atoms with Crippen LogP contribution in [0.15, 0.2) is 40.9 Å². The van der Waals surface area contributed by atoms with E-state index in [2.05, 4.69) is 21.2 Å². The Hall–Kier alpha value is -0.770. The van der Waals surface area contributed by atoms with Gasteiger partial charge >= 0.3 is 0 Å². The summed E-state index contributed by atoms with van der Waals surface area (Å²) in [7, 11) is 0. The zero-order valence-electron chi connectivity index (χ0n) is 9.18. The zero-order valence-corrected chi connectivity index (χ0v) is 12.3. The molecule has 0 aliphatic carbocycles. The SMILES string of the molecule is Fc1cc(NCc2c(Cl)cccc2Cl)ccc1Br. The fourth-order valence-corrected chi connectivity index (χ4v) is 2.28. The van der Waals surface area contributed by atoms with Gasteiger partial charge in [0.15, 0.2) is 0 Å². The van der Waals surface area contributed by atoms with E-state index in [1.165, 1.54) is 6.07 Å². The lowest BCUT2D eigenvalue weighted by Gasteiger charge is -2.10. The topological polar surface area (TPSA) is 12.0 Å². The average Bonchev–Trinajstić information content (AvgIpc) is 2.33. The van der Waals surface area contributed by atoms with Crippen LogP contribution in [0, 0.1) is 5.82 Å². The second-order valence-electron chi connectivity index (χ2n) is 3.68. The molecule has 0 radical (unpaired) electrons. The fraction of sp³-hybridized carbons (Fsp3) is 0.0769. The molecule has 0 heterocycles. The molecule has 18 heavy (non-hydrogen) atoms. The van der Waals surface area contributed by atoms with E-state index < -0.39 is 0 Å². The molecule has 0 saturated carbocycles. The molecule has 0 aliphatic rings. The van der Waals surface area contributed by atoms with Crippen LogP contribution in [-0.4, -0.2) is 0 Å². The Morgan fingerprint density at radius 1 is 1.11 bits per heavy atom. The van der Waals surface area contributed by atoms with Gasteiger partial charge in [0.1, 0.15) is 5.82 Å². The van der Waals surface area contributed by atoms with Crippen molar-refractivity contribution in [3.05, 3.63) is 62.3 Å². The Labute approximate surface area is 123 Å². The van der Waals surface area contributed by atoms with E-state index in [0.717, 1.165) is 5.56 Å². The minimum atomic E-state index is -0.315. The van der Waals surface area contributed by atoms with Crippen molar-refractivity contribution in [1.82, 2.24) is 0 Å². The third-order valence-corrected chi connectivity index (χ3v) is 3.80. The largest absolute Gasteiger partial charge is 0.381 e. The average molecular weight is 349 g/mol. The first-order chi connectivity index (χ1) is 8.58. The molecule has 1 nitrogen and oxygen atoms in total. The van der Waals surface area contributed by atoms with Crippen LogP contribution in [0.25, 0.3) is 0 Å². The van der Waals surface area contributed by atoms with Gasteiger partial charge in [-0.05, 0) is 46.3 Å². The Kier molecular flexibility index (Phi) is 4.49. The summed E-state index contributed by atoms with van der Waals surface area (Å²) >= 11 is 15.2. The van der Waals surface area contributed by atoms with Gasteiger partial charge < -0.3 is 5.32 Å². The van der Waals surface area contributed by atoms with Crippen LogP contribution in [-0.2, 0) is 6.54 Å². The first-order valence-electron chi connectivity index (χ1n) is 5.20. The number of nitrogens with one attached hydrogen (secondary N) is 1. The van der Waals surface area contributed by atoms with Crippen molar-refractivity contribution < 1.29 is 4.39 Å². The minimum absolute atomic E-state index is 0.315. The van der Waals surface area contributed by atoms with Crippen molar-refractivity contribution in [2.45, 2.75) is 6.54 Å². The van der Waals surface area contributed by atoms with E-state index in [4.69, 9.17) is 23.2 Å². The summed E-state index contributed by atoms with van der Waals surface area (Å²) in [6.07, 6.45) is 0. The Morgan fingerprint density at radius 2 is 1.78 bits per heavy atom. The summed E-state index contributed by atoms with van der Waals surface area (Å²) in [6.45, 7) is 0.444. The number of hydrogen-bond donors (Lipinski definition) is 1. The van der Waals surface area contributed by atoms with Crippen LogP contribution >= 0.6 is 39.1 Å². The molecule has 0 spiro atoms. The molecule has 2 aromatic rings. The molecule has 5 heteroatoms. The molecule has 0 aromatic heterocycles. The van der Waals surface area contributed by atoms with Gasteiger partial charge in [0.05, 0.1) is 4.47 Å². The molecule has 2 rings (SSSR count). The molecule has 0 amide bonds. The van der Waals surface area contributed by atoms with Crippen molar-refractivity contribution in [2.24, 2.45) is 0 Å². The highest BCUT2D eigenvalue weighted by atomic mass is 79.9. The summed E-state index contributed by atoms with van der Waals surface area (Å²) in [4.78, 5) is 0. The van der Waals surface area contributed by atoms with Crippen LogP contribution in [0.3, 0.4) is 0 Å². The second kappa shape index (κ2) is 5.91. The van der Waals surface area contributed by atoms with Crippen molar-refractivity contribution >= 4 is 44.8 Å². The van der Waals surface area contributed by atoms with Gasteiger partial charge in [0.25, 0.3) is 0 Å². The maximum absolute atomic E-state index is 13.3. The molecule has 0 atom stereocenters. The lowest BCUT2D eigenvalue weighted by atomic mass is 10.2. The van der Waals surface area contributed by atoms with Crippen LogP contribution in [0.4, 0.5) is 10.1 Å². The third kappa shape index (κ3) is 3.16. The first kappa shape index (κ1) is 13.7. The van der Waals surface area contributed by atoms with Gasteiger partial charge in [-0.15, -0.1) is 0 Å². The summed E-state index contributed by atoms with van der Waals surface area (Å²) in [5.41, 5.74) is 1.47. The Morgan fingerprint density at radius 3 is 2.39 bits per heavy atom. The molecule has 0 aliphatic heterocycles. The number of hydrogen-bond acceptors (Lipinski definition) is 1. The molecule has 1 N–H and O–H groups in total. The molecule has 0 bridgehead atoms. The number of rotatable bonds is 3. The highest BCUT2D eigenvalue weighted by Crippen LogP contribution is 2.26. The van der Waals surface area contributed by atoms with Crippen LogP contribution < -0.4 is 5.32 Å². The lowest BCUT2D eigenvalue weighted by molar-refractivity contribution is 0.621. The molecular weight excluding hydrogens is 340 g/mol. The van der Waals surface area contributed by atoms with Gasteiger partial charge in [-0.2, -0.15) is 0 Å². The number of halogens is 4. The maximum atomic E-state index is 13.3. The highest BCUT2D eigenvalue weighted by Gasteiger charge is 2.06. The smallest absolute Gasteiger partial charge is 0.139 e. The van der Waals surface area contributed by atoms with Crippen LogP contribution in [0.5, 0.6) is 0 Å². The normalized spacial score (nSPS) is 10.4. The van der Waals surface area contributed by atoms with E-state index in [1.807, 2.05) is 0 Å². The van der Waals surface area contributed by atoms with Gasteiger partial charge in [-0.25, -0.2) is 4.39 Å². The van der Waals surface area contributed by atoms with Gasteiger partial charge in [-0.3, -0.25) is 0 Å². The van der Waals surface area contributed by atoms with E-state index in [-0.39, 0.29) is 5.82 Å². The van der Waals surface area contributed by atoms with Crippen LogP contribution in [0.1, 0.15) is 5.56 Å². The highest BCUT2D eigenvalue weighted by molar-refractivity contribution is 9.10. The summed E-state index contributed by atoms with van der Waals surface area (Å²) in [5.74, 6) is -0.315. The van der Waals surface area contributed by atoms with Gasteiger partial charge in [0.2, 0.25) is 0 Å². The number of anilines is 1. The third-order valence-electron chi connectivity index (χ3n) is 2.45. The fourth-order valence-electron chi connectivity index (χ4n) is 1.50. The summed E-state index contributed by atoms with van der Waals surface area (Å²) < 4.78 is 13.8. The Balaban J connectivity index is 2.14. The summed E-state index contributed by atoms with van der Waals surface area (Å²) in [6, 6.07) is 10.2. The Bertz CT molecular complexity index is 555. The zero-order chi connectivity index (χ0) is 13.1. The monoisotopic (exact) mass is 347 g/mol. The van der Waals surface area contributed by atoms with E-state index in [9.17, 15) is 4.39 Å². The quantitative estimate of drug-likeness (QED) is 0.771. The van der Waals surface area contributed by atoms with E-state index >= 15 is 0 Å². The van der Waals surface area contributed by atoms with Crippen molar-refractivity contribution in [2.75, 3.05) is 5.32 Å². The molecule has 2 aromatic carbocycles. The maximum Gasteiger partial charge on any atom is 0.139 e. The van der Waals surface area contributed by atoms with Crippen molar-refractivity contribution in [3.8, 4) is 0 Å². The van der Waals surface area contributed by atoms with Gasteiger partial charge in [0, 0.05) is 27.8 Å². The van der Waals surface area contributed by atoms with Crippen molar-refractivity contribution in [1.29, 1.82) is 0 Å². The lowest BCUT2D eigenvalue weighted by Crippen LogP contribution is -2.01.